The zero-order valence-electron chi connectivity index (χ0n) is 14.5. The molecule has 8 heteroatoms. The summed E-state index contributed by atoms with van der Waals surface area (Å²) in [5, 5.41) is 6.59. The van der Waals surface area contributed by atoms with E-state index in [-0.39, 0.29) is 11.3 Å². The molecule has 0 amide bonds. The highest BCUT2D eigenvalue weighted by Crippen LogP contribution is 2.31. The van der Waals surface area contributed by atoms with E-state index in [1.165, 1.54) is 17.7 Å². The summed E-state index contributed by atoms with van der Waals surface area (Å²) in [6.45, 7) is 0. The van der Waals surface area contributed by atoms with Gasteiger partial charge in [0.25, 0.3) is 5.56 Å². The van der Waals surface area contributed by atoms with Crippen molar-refractivity contribution in [1.29, 1.82) is 0 Å². The monoisotopic (exact) mass is 414 g/mol. The predicted octanol–water partition coefficient (Wildman–Crippen LogP) is 4.97. The molecular formula is C20H12Cl2N2O4. The maximum atomic E-state index is 13.1. The second-order valence-corrected chi connectivity index (χ2v) is 6.80. The highest BCUT2D eigenvalue weighted by atomic mass is 35.5. The number of ether oxygens (including phenoxy) is 2. The summed E-state index contributed by atoms with van der Waals surface area (Å²) >= 11 is 12.1. The Labute approximate surface area is 168 Å². The van der Waals surface area contributed by atoms with Crippen LogP contribution < -0.4 is 10.3 Å². The van der Waals surface area contributed by atoms with Crippen molar-refractivity contribution in [2.24, 2.45) is 0 Å². The van der Waals surface area contributed by atoms with Crippen LogP contribution in [0.4, 0.5) is 4.79 Å². The summed E-state index contributed by atoms with van der Waals surface area (Å²) in [5.41, 5.74) is 0.831. The lowest BCUT2D eigenvalue weighted by atomic mass is 10.1. The van der Waals surface area contributed by atoms with Crippen molar-refractivity contribution in [3.8, 4) is 16.9 Å². The van der Waals surface area contributed by atoms with Crippen LogP contribution in [0.3, 0.4) is 0 Å². The van der Waals surface area contributed by atoms with Crippen molar-refractivity contribution in [1.82, 2.24) is 9.61 Å². The number of hydrogen-bond acceptors (Lipinski definition) is 5. The quantitative estimate of drug-likeness (QED) is 0.342. The van der Waals surface area contributed by atoms with Gasteiger partial charge in [-0.15, -0.1) is 0 Å². The van der Waals surface area contributed by atoms with Crippen molar-refractivity contribution < 1.29 is 14.3 Å². The van der Waals surface area contributed by atoms with Gasteiger partial charge in [0.05, 0.1) is 18.9 Å². The minimum atomic E-state index is -0.915. The Bertz CT molecular complexity index is 1280. The van der Waals surface area contributed by atoms with Crippen LogP contribution in [-0.2, 0) is 4.74 Å². The van der Waals surface area contributed by atoms with Crippen molar-refractivity contribution in [2.75, 3.05) is 7.11 Å². The molecule has 0 aliphatic carbocycles. The van der Waals surface area contributed by atoms with E-state index in [2.05, 4.69) is 9.84 Å². The molecule has 0 unspecified atom stereocenters. The van der Waals surface area contributed by atoms with Crippen LogP contribution in [0.2, 0.25) is 10.0 Å². The van der Waals surface area contributed by atoms with Crippen LogP contribution in [0.25, 0.3) is 27.4 Å². The Kier molecular flexibility index (Phi) is 4.66. The number of pyridine rings is 1. The zero-order chi connectivity index (χ0) is 19.8. The molecule has 0 fully saturated rings. The molecule has 0 spiro atoms. The number of rotatable bonds is 2. The van der Waals surface area contributed by atoms with Crippen LogP contribution in [0, 0.1) is 0 Å². The maximum Gasteiger partial charge on any atom is 0.513 e. The molecule has 2 heterocycles. The molecule has 4 rings (SSSR count). The minimum Gasteiger partial charge on any atom is -0.437 e. The third-order valence-electron chi connectivity index (χ3n) is 4.24. The van der Waals surface area contributed by atoms with Gasteiger partial charge in [0, 0.05) is 20.8 Å². The van der Waals surface area contributed by atoms with Gasteiger partial charge in [0.2, 0.25) is 0 Å². The Hall–Kier alpha value is -3.09. The largest absolute Gasteiger partial charge is 0.513 e. The highest BCUT2D eigenvalue weighted by Gasteiger charge is 2.18. The lowest BCUT2D eigenvalue weighted by molar-refractivity contribution is 0.122. The molecule has 2 aromatic carbocycles. The van der Waals surface area contributed by atoms with Crippen molar-refractivity contribution in [3.63, 3.8) is 0 Å². The summed E-state index contributed by atoms with van der Waals surface area (Å²) in [6, 6.07) is 13.4. The lowest BCUT2D eigenvalue weighted by Crippen LogP contribution is -2.20. The summed E-state index contributed by atoms with van der Waals surface area (Å²) in [7, 11) is 1.20. The summed E-state index contributed by atoms with van der Waals surface area (Å²) in [5.74, 6) is 0.122. The van der Waals surface area contributed by atoms with Gasteiger partial charge in [-0.2, -0.15) is 9.61 Å². The first-order chi connectivity index (χ1) is 13.5. The molecule has 6 nitrogen and oxygen atoms in total. The number of methoxy groups -OCH3 is 1. The fourth-order valence-corrected chi connectivity index (χ4v) is 3.25. The molecule has 0 saturated heterocycles. The van der Waals surface area contributed by atoms with Gasteiger partial charge in [0.1, 0.15) is 5.52 Å². The summed E-state index contributed by atoms with van der Waals surface area (Å²) in [4.78, 5) is 24.9. The molecule has 0 atom stereocenters. The van der Waals surface area contributed by atoms with E-state index >= 15 is 0 Å². The Morgan fingerprint density at radius 1 is 1.04 bits per heavy atom. The SMILES string of the molecule is COC(=O)Oc1cc(-c2ccc(Cl)cc2)c(=O)n2ncc3ccc(Cl)cc3c12. The molecule has 0 aliphatic rings. The number of benzene rings is 2. The second kappa shape index (κ2) is 7.14. The molecule has 140 valence electrons. The van der Waals surface area contributed by atoms with Gasteiger partial charge in [-0.05, 0) is 35.9 Å². The van der Waals surface area contributed by atoms with E-state index in [0.717, 1.165) is 5.39 Å². The van der Waals surface area contributed by atoms with E-state index in [0.29, 0.717) is 32.1 Å². The first-order valence-corrected chi connectivity index (χ1v) is 8.89. The highest BCUT2D eigenvalue weighted by molar-refractivity contribution is 6.31. The molecule has 0 radical (unpaired) electrons. The normalized spacial score (nSPS) is 11.0. The Morgan fingerprint density at radius 2 is 1.75 bits per heavy atom. The molecular weight excluding hydrogens is 403 g/mol. The molecule has 0 bridgehead atoms. The zero-order valence-corrected chi connectivity index (χ0v) is 16.0. The number of fused-ring (bicyclic) bond motifs is 3. The average Bonchev–Trinajstić information content (AvgIpc) is 2.70. The first kappa shape index (κ1) is 18.3. The first-order valence-electron chi connectivity index (χ1n) is 8.14. The van der Waals surface area contributed by atoms with Crippen molar-refractivity contribution in [3.05, 3.63) is 75.1 Å². The topological polar surface area (TPSA) is 69.9 Å². The number of carbonyl (C=O) groups excluding carboxylic acids is 1. The fraction of sp³-hybridized carbons (Fsp3) is 0.0500. The molecule has 0 aliphatic heterocycles. The van der Waals surface area contributed by atoms with E-state index in [4.69, 9.17) is 27.9 Å². The van der Waals surface area contributed by atoms with Gasteiger partial charge < -0.3 is 9.47 Å². The minimum absolute atomic E-state index is 0.122. The van der Waals surface area contributed by atoms with Gasteiger partial charge in [-0.3, -0.25) is 4.79 Å². The van der Waals surface area contributed by atoms with Crippen LogP contribution in [0.15, 0.2) is 59.5 Å². The van der Waals surface area contributed by atoms with Crippen LogP contribution in [0.5, 0.6) is 5.75 Å². The summed E-state index contributed by atoms with van der Waals surface area (Å²) < 4.78 is 11.1. The third-order valence-corrected chi connectivity index (χ3v) is 4.73. The van der Waals surface area contributed by atoms with E-state index in [1.807, 2.05) is 0 Å². The van der Waals surface area contributed by atoms with E-state index in [9.17, 15) is 9.59 Å². The third kappa shape index (κ3) is 3.17. The molecule has 0 N–H and O–H groups in total. The Morgan fingerprint density at radius 3 is 2.46 bits per heavy atom. The maximum absolute atomic E-state index is 13.1. The van der Waals surface area contributed by atoms with E-state index in [1.54, 1.807) is 48.7 Å². The number of hydrogen-bond donors (Lipinski definition) is 0. The van der Waals surface area contributed by atoms with Crippen LogP contribution in [0.1, 0.15) is 0 Å². The van der Waals surface area contributed by atoms with E-state index < -0.39 is 6.16 Å². The summed E-state index contributed by atoms with van der Waals surface area (Å²) in [6.07, 6.45) is 0.634. The smallest absolute Gasteiger partial charge is 0.437 e. The lowest BCUT2D eigenvalue weighted by Gasteiger charge is -2.12. The van der Waals surface area contributed by atoms with Crippen LogP contribution >= 0.6 is 23.2 Å². The fourth-order valence-electron chi connectivity index (χ4n) is 2.95. The molecule has 0 saturated carbocycles. The van der Waals surface area contributed by atoms with Crippen molar-refractivity contribution in [2.45, 2.75) is 0 Å². The standard InChI is InChI=1S/C20H12Cl2N2O4/c1-27-20(26)28-17-9-16(11-2-5-13(21)6-3-11)19(25)24-18(17)15-8-14(22)7-4-12(15)10-23-24/h2-10H,1H3. The second-order valence-electron chi connectivity index (χ2n) is 5.93. The van der Waals surface area contributed by atoms with Crippen molar-refractivity contribution >= 4 is 45.6 Å². The Balaban J connectivity index is 2.10. The molecule has 2 aromatic heterocycles. The predicted molar refractivity (Wildman–Crippen MR) is 107 cm³/mol. The molecule has 28 heavy (non-hydrogen) atoms. The number of nitrogens with zero attached hydrogens (tertiary/aromatic N) is 2. The van der Waals surface area contributed by atoms with Gasteiger partial charge in [0.15, 0.2) is 5.75 Å². The average molecular weight is 415 g/mol. The number of aromatic nitrogens is 2. The van der Waals surface area contributed by atoms with Gasteiger partial charge in [-0.1, -0.05) is 41.4 Å². The van der Waals surface area contributed by atoms with Gasteiger partial charge in [-0.25, -0.2) is 4.79 Å². The molecule has 4 aromatic rings. The van der Waals surface area contributed by atoms with Crippen LogP contribution in [-0.4, -0.2) is 22.9 Å². The number of halogens is 2. The van der Waals surface area contributed by atoms with Gasteiger partial charge >= 0.3 is 6.16 Å². The number of carbonyl (C=O) groups is 1.